The van der Waals surface area contributed by atoms with E-state index in [9.17, 15) is 10.2 Å². The van der Waals surface area contributed by atoms with Gasteiger partial charge in [0.15, 0.2) is 6.23 Å². The van der Waals surface area contributed by atoms with E-state index in [0.29, 0.717) is 18.1 Å². The molecule has 1 saturated carbocycles. The third-order valence-electron chi connectivity index (χ3n) is 6.07. The molecule has 1 aromatic carbocycles. The Hall–Kier alpha value is -2.43. The number of nitrogens with one attached hydrogen (secondary N) is 1. The number of imidazole rings is 1. The molecule has 4 rings (SSSR count). The third kappa shape index (κ3) is 5.07. The largest absolute Gasteiger partial charge is 0.387 e. The van der Waals surface area contributed by atoms with Crippen LogP contribution in [0.1, 0.15) is 36.7 Å². The van der Waals surface area contributed by atoms with Crippen LogP contribution >= 0.6 is 11.6 Å². The number of hydrogen-bond acceptors (Lipinski definition) is 7. The molecule has 1 aliphatic heterocycles. The standard InChI is InChI=1S/C23H30ClN5O4/c1-2-26-22-18(27-13-29(22)23-20(31)19(30)17(11-24)33-23)21(25)28-15-9-6-10-16(15)32-12-14-7-4-3-5-8-14/h2-5,7-8,13,15-17,19-20,23,26,30-31H,1,6,9-12H2,(H2,25,28)/t15?,16-,17-,19-,20-,23-/m1/s1. The Morgan fingerprint density at radius 2 is 2.12 bits per heavy atom. The molecule has 1 aliphatic carbocycles. The van der Waals surface area contributed by atoms with Crippen LogP contribution in [0, 0.1) is 0 Å². The molecule has 6 atom stereocenters. The molecule has 9 nitrogen and oxygen atoms in total. The fourth-order valence-electron chi connectivity index (χ4n) is 4.33. The average molecular weight is 476 g/mol. The second-order valence-corrected chi connectivity index (χ2v) is 8.55. The number of aliphatic hydroxyl groups is 2. The van der Waals surface area contributed by atoms with Crippen molar-refractivity contribution < 1.29 is 19.7 Å². The predicted octanol–water partition coefficient (Wildman–Crippen LogP) is 2.14. The van der Waals surface area contributed by atoms with Crippen LogP contribution in [-0.2, 0) is 16.1 Å². The van der Waals surface area contributed by atoms with Gasteiger partial charge in [0.25, 0.3) is 0 Å². The maximum atomic E-state index is 10.5. The van der Waals surface area contributed by atoms with E-state index in [0.717, 1.165) is 24.8 Å². The quantitative estimate of drug-likeness (QED) is 0.248. The maximum Gasteiger partial charge on any atom is 0.165 e. The molecule has 10 heteroatoms. The molecule has 0 amide bonds. The maximum absolute atomic E-state index is 10.5. The molecule has 1 unspecified atom stereocenters. The molecule has 1 aromatic heterocycles. The van der Waals surface area contributed by atoms with Crippen LogP contribution in [0.5, 0.6) is 0 Å². The molecule has 5 N–H and O–H groups in total. The Bertz CT molecular complexity index is 969. The normalized spacial score (nSPS) is 30.0. The lowest BCUT2D eigenvalue weighted by molar-refractivity contribution is -0.0301. The van der Waals surface area contributed by atoms with Crippen LogP contribution in [-0.4, -0.2) is 61.9 Å². The van der Waals surface area contributed by atoms with Crippen LogP contribution in [0.3, 0.4) is 0 Å². The van der Waals surface area contributed by atoms with Crippen LogP contribution in [0.4, 0.5) is 5.82 Å². The van der Waals surface area contributed by atoms with Crippen LogP contribution in [0.25, 0.3) is 0 Å². The van der Waals surface area contributed by atoms with Gasteiger partial charge in [0.2, 0.25) is 0 Å². The molecule has 2 aromatic rings. The minimum Gasteiger partial charge on any atom is -0.387 e. The van der Waals surface area contributed by atoms with Crippen molar-refractivity contribution in [2.75, 3.05) is 11.2 Å². The number of hydrogen-bond donors (Lipinski definition) is 4. The summed E-state index contributed by atoms with van der Waals surface area (Å²) in [5.74, 6) is 0.758. The van der Waals surface area contributed by atoms with Gasteiger partial charge >= 0.3 is 0 Å². The van der Waals surface area contributed by atoms with Gasteiger partial charge in [-0.1, -0.05) is 36.9 Å². The summed E-state index contributed by atoms with van der Waals surface area (Å²) < 4.78 is 13.4. The van der Waals surface area contributed by atoms with Gasteiger partial charge in [-0.25, -0.2) is 4.98 Å². The number of halogens is 1. The van der Waals surface area contributed by atoms with E-state index < -0.39 is 24.5 Å². The van der Waals surface area contributed by atoms with E-state index in [1.807, 2.05) is 30.3 Å². The lowest BCUT2D eigenvalue weighted by Crippen LogP contribution is -2.32. The average Bonchev–Trinajstić information content (AvgIpc) is 3.52. The van der Waals surface area contributed by atoms with Gasteiger partial charge in [-0.2, -0.15) is 0 Å². The highest BCUT2D eigenvalue weighted by molar-refractivity contribution is 6.18. The monoisotopic (exact) mass is 475 g/mol. The number of rotatable bonds is 9. The minimum absolute atomic E-state index is 0.0266. The summed E-state index contributed by atoms with van der Waals surface area (Å²) in [7, 11) is 0. The number of nitrogens with two attached hydrogens (primary N) is 1. The third-order valence-corrected chi connectivity index (χ3v) is 6.37. The van der Waals surface area contributed by atoms with Crippen LogP contribution < -0.4 is 11.1 Å². The first-order valence-corrected chi connectivity index (χ1v) is 11.6. The Labute approximate surface area is 197 Å². The second-order valence-electron chi connectivity index (χ2n) is 8.25. The summed E-state index contributed by atoms with van der Waals surface area (Å²) >= 11 is 5.85. The van der Waals surface area contributed by atoms with Gasteiger partial charge in [0.05, 0.1) is 31.0 Å². The Kier molecular flexibility index (Phi) is 7.67. The topological polar surface area (TPSA) is 127 Å². The second kappa shape index (κ2) is 10.7. The van der Waals surface area contributed by atoms with Gasteiger partial charge in [-0.05, 0) is 31.0 Å². The van der Waals surface area contributed by atoms with Crippen LogP contribution in [0.2, 0.25) is 0 Å². The number of aliphatic imine (C=N–C) groups is 1. The number of benzene rings is 1. The molecule has 2 aliphatic rings. The zero-order valence-corrected chi connectivity index (χ0v) is 19.0. The Balaban J connectivity index is 1.52. The number of amidine groups is 1. The highest BCUT2D eigenvalue weighted by atomic mass is 35.5. The predicted molar refractivity (Wildman–Crippen MR) is 126 cm³/mol. The summed E-state index contributed by atoms with van der Waals surface area (Å²) in [4.78, 5) is 9.13. The van der Waals surface area contributed by atoms with Gasteiger partial charge in [0, 0.05) is 0 Å². The fraction of sp³-hybridized carbons (Fsp3) is 0.478. The molecule has 0 bridgehead atoms. The zero-order chi connectivity index (χ0) is 23.4. The number of alkyl halides is 1. The molecule has 33 heavy (non-hydrogen) atoms. The number of anilines is 1. The zero-order valence-electron chi connectivity index (χ0n) is 18.3. The number of aliphatic hydroxyl groups excluding tert-OH is 2. The van der Waals surface area contributed by atoms with Crippen molar-refractivity contribution in [1.29, 1.82) is 0 Å². The van der Waals surface area contributed by atoms with E-state index >= 15 is 0 Å². The molecule has 2 heterocycles. The summed E-state index contributed by atoms with van der Waals surface area (Å²) in [5.41, 5.74) is 7.89. The molecular formula is C23H30ClN5O4. The summed E-state index contributed by atoms with van der Waals surface area (Å²) in [6.45, 7) is 4.23. The Morgan fingerprint density at radius 3 is 2.82 bits per heavy atom. The van der Waals surface area contributed by atoms with E-state index in [-0.39, 0.29) is 23.9 Å². The number of aromatic nitrogens is 2. The lowest BCUT2D eigenvalue weighted by atomic mass is 10.1. The number of ether oxygens (including phenoxy) is 2. The van der Waals surface area contributed by atoms with E-state index in [2.05, 4.69) is 16.9 Å². The fourth-order valence-corrected chi connectivity index (χ4v) is 4.59. The number of nitrogens with zero attached hydrogens (tertiary/aromatic N) is 3. The SMILES string of the molecule is C=CNc1c(C(N)=NC2CCC[C@H]2OCc2ccccc2)ncn1[C@@H]1O[C@H](CCl)[C@@H](O)[C@H]1O. The van der Waals surface area contributed by atoms with Crippen molar-refractivity contribution >= 4 is 23.3 Å². The smallest absolute Gasteiger partial charge is 0.165 e. The summed E-state index contributed by atoms with van der Waals surface area (Å²) in [5, 5.41) is 23.6. The van der Waals surface area contributed by atoms with Crippen molar-refractivity contribution in [1.82, 2.24) is 9.55 Å². The molecule has 2 fully saturated rings. The molecule has 0 spiro atoms. The van der Waals surface area contributed by atoms with Crippen molar-refractivity contribution in [3.05, 3.63) is 60.7 Å². The minimum atomic E-state index is -1.18. The highest BCUT2D eigenvalue weighted by Crippen LogP contribution is 2.34. The van der Waals surface area contributed by atoms with Gasteiger partial charge in [-0.3, -0.25) is 9.56 Å². The van der Waals surface area contributed by atoms with Crippen molar-refractivity contribution in [2.24, 2.45) is 10.7 Å². The molecule has 1 saturated heterocycles. The van der Waals surface area contributed by atoms with Crippen molar-refractivity contribution in [2.45, 2.75) is 62.6 Å². The first-order chi connectivity index (χ1) is 16.0. The van der Waals surface area contributed by atoms with E-state index in [1.165, 1.54) is 12.5 Å². The molecule has 178 valence electrons. The van der Waals surface area contributed by atoms with Gasteiger partial charge in [0.1, 0.15) is 35.7 Å². The van der Waals surface area contributed by atoms with Gasteiger partial charge in [-0.15, -0.1) is 11.6 Å². The first kappa shape index (κ1) is 23.7. The van der Waals surface area contributed by atoms with Crippen molar-refractivity contribution in [3.8, 4) is 0 Å². The van der Waals surface area contributed by atoms with E-state index in [1.54, 1.807) is 4.57 Å². The first-order valence-electron chi connectivity index (χ1n) is 11.0. The molecule has 0 radical (unpaired) electrons. The molecular weight excluding hydrogens is 446 g/mol. The Morgan fingerprint density at radius 1 is 1.33 bits per heavy atom. The van der Waals surface area contributed by atoms with E-state index in [4.69, 9.17) is 31.8 Å². The van der Waals surface area contributed by atoms with Gasteiger partial charge < -0.3 is 30.7 Å². The summed E-state index contributed by atoms with van der Waals surface area (Å²) in [6.07, 6.45) is 1.87. The lowest BCUT2D eigenvalue weighted by Gasteiger charge is -2.20. The highest BCUT2D eigenvalue weighted by Gasteiger charge is 2.44. The van der Waals surface area contributed by atoms with Crippen molar-refractivity contribution in [3.63, 3.8) is 0 Å². The summed E-state index contributed by atoms with van der Waals surface area (Å²) in [6, 6.07) is 9.95. The van der Waals surface area contributed by atoms with Crippen LogP contribution in [0.15, 0.2) is 54.4 Å².